The Kier molecular flexibility index (Phi) is 3.11. The summed E-state index contributed by atoms with van der Waals surface area (Å²) in [5.41, 5.74) is 7.56. The van der Waals surface area contributed by atoms with Gasteiger partial charge in [-0.2, -0.15) is 5.10 Å². The standard InChI is InChI=1S/C15H20N4O2/c1-4-5-6-7-19-13-9(8-17-19)11(16)10-12(18-13)15(2,3)21-14(10)20/h8H,4-7H2,1-3H3,(H2,16,18). The Hall–Kier alpha value is -2.11. The predicted molar refractivity (Wildman–Crippen MR) is 79.9 cm³/mol. The molecule has 6 heteroatoms. The number of anilines is 1. The highest BCUT2D eigenvalue weighted by molar-refractivity contribution is 6.06. The number of rotatable bonds is 4. The van der Waals surface area contributed by atoms with Crippen LogP contribution in [0.1, 0.15) is 56.1 Å². The monoisotopic (exact) mass is 288 g/mol. The molecule has 0 aliphatic carbocycles. The molecule has 2 aromatic heterocycles. The van der Waals surface area contributed by atoms with E-state index in [1.54, 1.807) is 6.20 Å². The van der Waals surface area contributed by atoms with E-state index in [4.69, 9.17) is 10.5 Å². The third-order valence-corrected chi connectivity index (χ3v) is 3.92. The van der Waals surface area contributed by atoms with E-state index >= 15 is 0 Å². The van der Waals surface area contributed by atoms with E-state index in [9.17, 15) is 4.79 Å². The van der Waals surface area contributed by atoms with Crippen molar-refractivity contribution in [1.82, 2.24) is 14.8 Å². The van der Waals surface area contributed by atoms with Crippen LogP contribution in [0.3, 0.4) is 0 Å². The average molecular weight is 288 g/mol. The summed E-state index contributed by atoms with van der Waals surface area (Å²) in [6, 6.07) is 0. The lowest BCUT2D eigenvalue weighted by atomic mass is 10.0. The minimum absolute atomic E-state index is 0.389. The molecule has 2 aromatic rings. The molecule has 0 radical (unpaired) electrons. The fraction of sp³-hybridized carbons (Fsp3) is 0.533. The van der Waals surface area contributed by atoms with Gasteiger partial charge in [-0.3, -0.25) is 0 Å². The number of carbonyl (C=O) groups is 1. The Labute approximate surface area is 123 Å². The molecule has 0 saturated carbocycles. The number of nitrogens with zero attached hydrogens (tertiary/aromatic N) is 3. The Morgan fingerprint density at radius 2 is 2.14 bits per heavy atom. The van der Waals surface area contributed by atoms with E-state index in [1.807, 2.05) is 18.5 Å². The molecule has 0 aromatic carbocycles. The van der Waals surface area contributed by atoms with E-state index in [2.05, 4.69) is 17.0 Å². The fourth-order valence-electron chi connectivity index (χ4n) is 2.76. The van der Waals surface area contributed by atoms with Crippen molar-refractivity contribution < 1.29 is 9.53 Å². The number of nitrogen functional groups attached to an aromatic ring is 1. The van der Waals surface area contributed by atoms with Gasteiger partial charge in [-0.05, 0) is 20.3 Å². The number of carbonyl (C=O) groups excluding carboxylic acids is 1. The smallest absolute Gasteiger partial charge is 0.343 e. The van der Waals surface area contributed by atoms with E-state index in [0.717, 1.165) is 36.8 Å². The minimum atomic E-state index is -0.743. The van der Waals surface area contributed by atoms with Gasteiger partial charge in [-0.15, -0.1) is 0 Å². The van der Waals surface area contributed by atoms with Crippen LogP contribution in [0.25, 0.3) is 11.0 Å². The molecule has 0 fully saturated rings. The Morgan fingerprint density at radius 3 is 2.86 bits per heavy atom. The first-order chi connectivity index (χ1) is 9.95. The van der Waals surface area contributed by atoms with Crippen LogP contribution in [0.4, 0.5) is 5.69 Å². The lowest BCUT2D eigenvalue weighted by Gasteiger charge is -2.16. The quantitative estimate of drug-likeness (QED) is 0.690. The molecule has 1 aliphatic heterocycles. The maximum absolute atomic E-state index is 12.0. The summed E-state index contributed by atoms with van der Waals surface area (Å²) in [4.78, 5) is 16.6. The van der Waals surface area contributed by atoms with Crippen molar-refractivity contribution in [3.63, 3.8) is 0 Å². The molecule has 0 amide bonds. The SMILES string of the molecule is CCCCCn1ncc2c(N)c3c(nc21)C(C)(C)OC3=O. The molecule has 3 rings (SSSR count). The van der Waals surface area contributed by atoms with Crippen LogP contribution in [-0.2, 0) is 16.9 Å². The molecular formula is C15H20N4O2. The van der Waals surface area contributed by atoms with Gasteiger partial charge in [-0.25, -0.2) is 14.5 Å². The van der Waals surface area contributed by atoms with Crippen molar-refractivity contribution in [2.24, 2.45) is 0 Å². The first-order valence-corrected chi connectivity index (χ1v) is 7.34. The molecule has 6 nitrogen and oxygen atoms in total. The lowest BCUT2D eigenvalue weighted by molar-refractivity contribution is 0.00839. The number of hydrogen-bond donors (Lipinski definition) is 1. The molecular weight excluding hydrogens is 268 g/mol. The zero-order valence-corrected chi connectivity index (χ0v) is 12.6. The van der Waals surface area contributed by atoms with Crippen molar-refractivity contribution in [2.45, 2.75) is 52.2 Å². The summed E-state index contributed by atoms with van der Waals surface area (Å²) in [5, 5.41) is 5.09. The van der Waals surface area contributed by atoms with Crippen molar-refractivity contribution >= 4 is 22.7 Å². The van der Waals surface area contributed by atoms with Crippen LogP contribution in [-0.4, -0.2) is 20.7 Å². The Morgan fingerprint density at radius 1 is 1.38 bits per heavy atom. The third-order valence-electron chi connectivity index (χ3n) is 3.92. The summed E-state index contributed by atoms with van der Waals surface area (Å²) in [6.07, 6.45) is 5.03. The van der Waals surface area contributed by atoms with Crippen LogP contribution in [0.2, 0.25) is 0 Å². The maximum atomic E-state index is 12.0. The van der Waals surface area contributed by atoms with Crippen LogP contribution in [0.15, 0.2) is 6.20 Å². The summed E-state index contributed by atoms with van der Waals surface area (Å²) < 4.78 is 7.23. The number of unbranched alkanes of at least 4 members (excludes halogenated alkanes) is 2. The first kappa shape index (κ1) is 13.9. The zero-order chi connectivity index (χ0) is 15.2. The summed E-state index contributed by atoms with van der Waals surface area (Å²) in [5.74, 6) is -0.402. The van der Waals surface area contributed by atoms with Crippen LogP contribution < -0.4 is 5.73 Å². The van der Waals surface area contributed by atoms with Crippen LogP contribution in [0, 0.1) is 0 Å². The number of esters is 1. The number of fused-ring (bicyclic) bond motifs is 2. The molecule has 1 aliphatic rings. The highest BCUT2D eigenvalue weighted by Gasteiger charge is 2.42. The normalized spacial score (nSPS) is 16.2. The number of aryl methyl sites for hydroxylation is 1. The van der Waals surface area contributed by atoms with E-state index < -0.39 is 11.6 Å². The van der Waals surface area contributed by atoms with Gasteiger partial charge in [0.15, 0.2) is 5.65 Å². The fourth-order valence-corrected chi connectivity index (χ4v) is 2.76. The summed E-state index contributed by atoms with van der Waals surface area (Å²) >= 11 is 0. The second-order valence-corrected chi connectivity index (χ2v) is 5.96. The van der Waals surface area contributed by atoms with Crippen LogP contribution >= 0.6 is 0 Å². The number of cyclic esters (lactones) is 1. The largest absolute Gasteiger partial charge is 0.449 e. The van der Waals surface area contributed by atoms with Gasteiger partial charge in [0.1, 0.15) is 16.9 Å². The van der Waals surface area contributed by atoms with Gasteiger partial charge >= 0.3 is 5.97 Å². The molecule has 0 bridgehead atoms. The number of ether oxygens (including phenoxy) is 1. The predicted octanol–water partition coefficient (Wildman–Crippen LogP) is 2.61. The number of aromatic nitrogens is 3. The number of pyridine rings is 1. The van der Waals surface area contributed by atoms with Gasteiger partial charge in [-0.1, -0.05) is 19.8 Å². The van der Waals surface area contributed by atoms with Crippen molar-refractivity contribution in [2.75, 3.05) is 5.73 Å². The third kappa shape index (κ3) is 2.05. The molecule has 0 atom stereocenters. The zero-order valence-electron chi connectivity index (χ0n) is 12.6. The molecule has 2 N–H and O–H groups in total. The summed E-state index contributed by atoms with van der Waals surface area (Å²) in [6.45, 7) is 6.62. The molecule has 0 saturated heterocycles. The van der Waals surface area contributed by atoms with Crippen molar-refractivity contribution in [3.8, 4) is 0 Å². The second kappa shape index (κ2) is 4.72. The topological polar surface area (TPSA) is 83.0 Å². The van der Waals surface area contributed by atoms with Gasteiger partial charge in [0.2, 0.25) is 0 Å². The van der Waals surface area contributed by atoms with E-state index in [0.29, 0.717) is 16.9 Å². The first-order valence-electron chi connectivity index (χ1n) is 7.34. The highest BCUT2D eigenvalue weighted by Crippen LogP contribution is 2.39. The van der Waals surface area contributed by atoms with Gasteiger partial charge in [0, 0.05) is 6.54 Å². The Balaban J connectivity index is 2.13. The lowest BCUT2D eigenvalue weighted by Crippen LogP contribution is -2.18. The van der Waals surface area contributed by atoms with Gasteiger partial charge in [0.05, 0.1) is 17.3 Å². The number of nitrogens with two attached hydrogens (primary N) is 1. The van der Waals surface area contributed by atoms with Crippen LogP contribution in [0.5, 0.6) is 0 Å². The molecule has 0 unspecified atom stereocenters. The van der Waals surface area contributed by atoms with E-state index in [1.165, 1.54) is 0 Å². The number of hydrogen-bond acceptors (Lipinski definition) is 5. The van der Waals surface area contributed by atoms with Crippen molar-refractivity contribution in [3.05, 3.63) is 17.5 Å². The summed E-state index contributed by atoms with van der Waals surface area (Å²) in [7, 11) is 0. The van der Waals surface area contributed by atoms with Gasteiger partial charge < -0.3 is 10.5 Å². The molecule has 0 spiro atoms. The van der Waals surface area contributed by atoms with Gasteiger partial charge in [0.25, 0.3) is 0 Å². The Bertz CT molecular complexity index is 718. The van der Waals surface area contributed by atoms with Crippen molar-refractivity contribution in [1.29, 1.82) is 0 Å². The average Bonchev–Trinajstić information content (AvgIpc) is 2.91. The second-order valence-electron chi connectivity index (χ2n) is 5.96. The van der Waals surface area contributed by atoms with E-state index in [-0.39, 0.29) is 0 Å². The molecule has 112 valence electrons. The molecule has 21 heavy (non-hydrogen) atoms. The maximum Gasteiger partial charge on any atom is 0.343 e. The molecule has 3 heterocycles. The highest BCUT2D eigenvalue weighted by atomic mass is 16.6. The minimum Gasteiger partial charge on any atom is -0.449 e.